The van der Waals surface area contributed by atoms with Crippen LogP contribution in [0.3, 0.4) is 0 Å². The lowest BCUT2D eigenvalue weighted by molar-refractivity contribution is 0.424. The monoisotopic (exact) mass is 323 g/mol. The number of anilines is 1. The van der Waals surface area contributed by atoms with Gasteiger partial charge >= 0.3 is 0 Å². The van der Waals surface area contributed by atoms with E-state index < -0.39 is 10.0 Å². The number of aromatic nitrogens is 4. The number of hydrogen-bond donors (Lipinski definition) is 0. The molecule has 0 aliphatic carbocycles. The molecule has 0 aliphatic heterocycles. The Morgan fingerprint density at radius 2 is 2.00 bits per heavy atom. The van der Waals surface area contributed by atoms with Crippen LogP contribution in [0.1, 0.15) is 27.7 Å². The summed E-state index contributed by atoms with van der Waals surface area (Å²) in [5.41, 5.74) is -0.231. The van der Waals surface area contributed by atoms with E-state index in [0.717, 1.165) is 0 Å². The van der Waals surface area contributed by atoms with E-state index in [-0.39, 0.29) is 10.4 Å². The highest BCUT2D eigenvalue weighted by molar-refractivity contribution is 7.92. The molecule has 0 saturated carbocycles. The quantitative estimate of drug-likeness (QED) is 0.840. The highest BCUT2D eigenvalue weighted by atomic mass is 32.2. The third kappa shape index (κ3) is 3.62. The zero-order chi connectivity index (χ0) is 16.4. The number of aryl methyl sites for hydroxylation is 1. The van der Waals surface area contributed by atoms with Crippen LogP contribution in [0.2, 0.25) is 0 Å². The predicted octanol–water partition coefficient (Wildman–Crippen LogP) is 1.93. The van der Waals surface area contributed by atoms with Crippen LogP contribution >= 0.6 is 0 Å². The maximum absolute atomic E-state index is 12.9. The van der Waals surface area contributed by atoms with Crippen molar-refractivity contribution >= 4 is 15.8 Å². The van der Waals surface area contributed by atoms with Gasteiger partial charge in [0.1, 0.15) is 5.82 Å². The molecule has 0 atom stereocenters. The van der Waals surface area contributed by atoms with Gasteiger partial charge in [-0.05, 0) is 24.5 Å². The van der Waals surface area contributed by atoms with Gasteiger partial charge in [-0.2, -0.15) is 18.3 Å². The number of sulfonamides is 1. The smallest absolute Gasteiger partial charge is 0.248 e. The minimum atomic E-state index is -3.80. The summed E-state index contributed by atoms with van der Waals surface area (Å²) in [7, 11) is -3.80. The van der Waals surface area contributed by atoms with Crippen LogP contribution < -0.4 is 4.31 Å². The molecule has 0 aromatic carbocycles. The van der Waals surface area contributed by atoms with Crippen LogP contribution in [-0.4, -0.2) is 34.9 Å². The summed E-state index contributed by atoms with van der Waals surface area (Å²) in [5.74, 6) is 0.378. The Morgan fingerprint density at radius 3 is 2.50 bits per heavy atom. The van der Waals surface area contributed by atoms with Crippen LogP contribution in [0.15, 0.2) is 35.6 Å². The van der Waals surface area contributed by atoms with E-state index in [1.165, 1.54) is 15.3 Å². The van der Waals surface area contributed by atoms with Gasteiger partial charge in [0, 0.05) is 12.7 Å². The zero-order valence-corrected chi connectivity index (χ0v) is 14.1. The third-order valence-electron chi connectivity index (χ3n) is 2.88. The lowest BCUT2D eigenvalue weighted by atomic mass is 9.97. The van der Waals surface area contributed by atoms with Gasteiger partial charge in [-0.15, -0.1) is 5.10 Å². The zero-order valence-electron chi connectivity index (χ0n) is 13.3. The summed E-state index contributed by atoms with van der Waals surface area (Å²) in [6, 6.07) is 5.18. The first-order valence-electron chi connectivity index (χ1n) is 7.08. The van der Waals surface area contributed by atoms with Crippen molar-refractivity contribution in [3.8, 4) is 0 Å². The van der Waals surface area contributed by atoms with Crippen LogP contribution in [0.5, 0.6) is 0 Å². The summed E-state index contributed by atoms with van der Waals surface area (Å²) in [6.07, 6.45) is 2.85. The van der Waals surface area contributed by atoms with Gasteiger partial charge in [0.25, 0.3) is 10.0 Å². The maximum Gasteiger partial charge on any atom is 0.286 e. The second kappa shape index (κ2) is 6.04. The van der Waals surface area contributed by atoms with E-state index in [0.29, 0.717) is 18.9 Å². The van der Waals surface area contributed by atoms with Gasteiger partial charge in [-0.25, -0.2) is 9.29 Å². The lowest BCUT2D eigenvalue weighted by Gasteiger charge is -2.29. The first-order valence-corrected chi connectivity index (χ1v) is 8.52. The number of pyridine rings is 1. The van der Waals surface area contributed by atoms with E-state index in [2.05, 4.69) is 15.2 Å². The number of nitrogens with zero attached hydrogens (tertiary/aromatic N) is 5. The van der Waals surface area contributed by atoms with Gasteiger partial charge < -0.3 is 0 Å². The Labute approximate surface area is 131 Å². The second-order valence-electron chi connectivity index (χ2n) is 6.13. The molecule has 8 heteroatoms. The highest BCUT2D eigenvalue weighted by Crippen LogP contribution is 2.25. The fraction of sp³-hybridized carbons (Fsp3) is 0.500. The largest absolute Gasteiger partial charge is 0.286 e. The van der Waals surface area contributed by atoms with Crippen molar-refractivity contribution in [2.45, 2.75) is 39.3 Å². The topological polar surface area (TPSA) is 81.0 Å². The Kier molecular flexibility index (Phi) is 4.50. The molecule has 2 rings (SSSR count). The molecule has 0 saturated heterocycles. The summed E-state index contributed by atoms with van der Waals surface area (Å²) in [5, 5.41) is 7.91. The van der Waals surface area contributed by atoms with Crippen molar-refractivity contribution in [3.63, 3.8) is 0 Å². The summed E-state index contributed by atoms with van der Waals surface area (Å²) in [4.78, 5) is 5.52. The number of rotatable bonds is 5. The minimum Gasteiger partial charge on any atom is -0.248 e. The molecule has 0 fully saturated rings. The third-order valence-corrected chi connectivity index (χ3v) is 4.49. The molecule has 0 spiro atoms. The van der Waals surface area contributed by atoms with Gasteiger partial charge in [-0.3, -0.25) is 0 Å². The molecule has 120 valence electrons. The molecule has 7 nitrogen and oxygen atoms in total. The maximum atomic E-state index is 12.9. The Morgan fingerprint density at radius 1 is 1.27 bits per heavy atom. The van der Waals surface area contributed by atoms with Gasteiger partial charge in [-0.1, -0.05) is 26.8 Å². The van der Waals surface area contributed by atoms with E-state index in [4.69, 9.17) is 0 Å². The molecule has 0 unspecified atom stereocenters. The fourth-order valence-electron chi connectivity index (χ4n) is 1.89. The number of hydrogen-bond acceptors (Lipinski definition) is 5. The van der Waals surface area contributed by atoms with Crippen molar-refractivity contribution in [2.24, 2.45) is 5.41 Å². The Bertz CT molecular complexity index is 719. The standard InChI is InChI=1S/C14H21N5O2S/c1-5-19-16-10-13(17-19)22(20,21)18(11-14(2,3)4)12-8-6-7-9-15-12/h6-10H,5,11H2,1-4H3. The molecule has 0 amide bonds. The first-order chi connectivity index (χ1) is 10.2. The first kappa shape index (κ1) is 16.4. The second-order valence-corrected chi connectivity index (χ2v) is 7.94. The highest BCUT2D eigenvalue weighted by Gasteiger charge is 2.32. The molecule has 0 radical (unpaired) electrons. The normalized spacial score (nSPS) is 12.4. The molecule has 0 N–H and O–H groups in total. The van der Waals surface area contributed by atoms with Crippen LogP contribution in [-0.2, 0) is 16.6 Å². The molecule has 2 heterocycles. The lowest BCUT2D eigenvalue weighted by Crippen LogP contribution is -2.38. The molecule has 0 bridgehead atoms. The summed E-state index contributed by atoms with van der Waals surface area (Å²) >= 11 is 0. The van der Waals surface area contributed by atoms with Crippen molar-refractivity contribution in [3.05, 3.63) is 30.6 Å². The average molecular weight is 323 g/mol. The van der Waals surface area contributed by atoms with Gasteiger partial charge in [0.05, 0.1) is 12.7 Å². The SMILES string of the molecule is CCn1ncc(S(=O)(=O)N(CC(C)(C)C)c2ccccn2)n1. The molecule has 2 aromatic rings. The van der Waals surface area contributed by atoms with Crippen LogP contribution in [0.4, 0.5) is 5.82 Å². The summed E-state index contributed by atoms with van der Waals surface area (Å²) < 4.78 is 27.1. The van der Waals surface area contributed by atoms with Crippen LogP contribution in [0, 0.1) is 5.41 Å². The van der Waals surface area contributed by atoms with Crippen molar-refractivity contribution in [1.29, 1.82) is 0 Å². The molecular weight excluding hydrogens is 302 g/mol. The van der Waals surface area contributed by atoms with Gasteiger partial charge in [0.2, 0.25) is 5.03 Å². The van der Waals surface area contributed by atoms with Crippen molar-refractivity contribution < 1.29 is 8.42 Å². The fourth-order valence-corrected chi connectivity index (χ4v) is 3.40. The van der Waals surface area contributed by atoms with E-state index in [9.17, 15) is 8.42 Å². The predicted molar refractivity (Wildman–Crippen MR) is 83.9 cm³/mol. The van der Waals surface area contributed by atoms with E-state index in [1.54, 1.807) is 24.4 Å². The molecular formula is C14H21N5O2S. The summed E-state index contributed by atoms with van der Waals surface area (Å²) in [6.45, 7) is 8.58. The Hall–Kier alpha value is -1.96. The van der Waals surface area contributed by atoms with E-state index in [1.807, 2.05) is 27.7 Å². The molecule has 22 heavy (non-hydrogen) atoms. The molecule has 2 aromatic heterocycles. The Balaban J connectivity index is 2.48. The van der Waals surface area contributed by atoms with Gasteiger partial charge in [0.15, 0.2) is 0 Å². The molecule has 0 aliphatic rings. The minimum absolute atomic E-state index is 0.0655. The van der Waals surface area contributed by atoms with Crippen LogP contribution in [0.25, 0.3) is 0 Å². The van der Waals surface area contributed by atoms with E-state index >= 15 is 0 Å². The van der Waals surface area contributed by atoms with Crippen molar-refractivity contribution in [2.75, 3.05) is 10.8 Å². The van der Waals surface area contributed by atoms with Crippen molar-refractivity contribution in [1.82, 2.24) is 20.0 Å². The average Bonchev–Trinajstić information content (AvgIpc) is 2.94.